The van der Waals surface area contributed by atoms with E-state index in [0.717, 1.165) is 48.3 Å². The third-order valence-corrected chi connectivity index (χ3v) is 7.24. The number of benzene rings is 2. The summed E-state index contributed by atoms with van der Waals surface area (Å²) in [6.45, 7) is -0.754. The summed E-state index contributed by atoms with van der Waals surface area (Å²) in [6.07, 6.45) is 6.12. The van der Waals surface area contributed by atoms with Crippen LogP contribution in [-0.4, -0.2) is 33.6 Å². The molecule has 1 aliphatic carbocycles. The summed E-state index contributed by atoms with van der Waals surface area (Å²) >= 11 is 0.0466. The lowest BCUT2D eigenvalue weighted by Gasteiger charge is -2.23. The van der Waals surface area contributed by atoms with E-state index in [0.29, 0.717) is 11.6 Å². The van der Waals surface area contributed by atoms with Gasteiger partial charge in [0.1, 0.15) is 16.2 Å². The van der Waals surface area contributed by atoms with Crippen LogP contribution in [0, 0.1) is 29.1 Å². The highest BCUT2D eigenvalue weighted by Crippen LogP contribution is 2.34. The monoisotopic (exact) mass is 567 g/mol. The Balaban J connectivity index is 1.55. The third-order valence-electron chi connectivity index (χ3n) is 6.39. The van der Waals surface area contributed by atoms with Crippen molar-refractivity contribution >= 4 is 29.5 Å². The number of amides is 1. The van der Waals surface area contributed by atoms with E-state index in [-0.39, 0.29) is 24.2 Å². The molecule has 0 saturated heterocycles. The molecule has 0 radical (unpaired) electrons. The van der Waals surface area contributed by atoms with Crippen molar-refractivity contribution in [3.8, 4) is 5.75 Å². The molecule has 1 saturated carbocycles. The number of carboxylic acids is 1. The van der Waals surface area contributed by atoms with Gasteiger partial charge in [-0.3, -0.25) is 14.5 Å². The van der Waals surface area contributed by atoms with E-state index in [9.17, 15) is 41.8 Å². The Hall–Kier alpha value is -3.71. The van der Waals surface area contributed by atoms with Crippen molar-refractivity contribution in [3.63, 3.8) is 0 Å². The van der Waals surface area contributed by atoms with Gasteiger partial charge in [-0.15, -0.1) is 0 Å². The minimum Gasteiger partial charge on any atom is -0.507 e. The summed E-state index contributed by atoms with van der Waals surface area (Å²) in [4.78, 5) is 28.7. The molecule has 0 aliphatic heterocycles. The van der Waals surface area contributed by atoms with Crippen LogP contribution < -0.4 is 9.62 Å². The molecular formula is C26H22F5N3O4S. The Labute approximate surface area is 223 Å². The number of hydrogen-bond acceptors (Lipinski definition) is 6. The number of aromatic nitrogens is 1. The zero-order valence-corrected chi connectivity index (χ0v) is 21.0. The van der Waals surface area contributed by atoms with Gasteiger partial charge in [-0.25, -0.2) is 26.7 Å². The topological polar surface area (TPSA) is 103 Å². The van der Waals surface area contributed by atoms with Crippen LogP contribution in [0.3, 0.4) is 0 Å². The first-order valence-corrected chi connectivity index (χ1v) is 12.6. The van der Waals surface area contributed by atoms with E-state index in [1.165, 1.54) is 6.07 Å². The second kappa shape index (κ2) is 12.0. The predicted octanol–water partition coefficient (Wildman–Crippen LogP) is 5.67. The normalized spacial score (nSPS) is 13.6. The molecule has 7 nitrogen and oxygen atoms in total. The van der Waals surface area contributed by atoms with Gasteiger partial charge in [0.2, 0.25) is 11.7 Å². The first kappa shape index (κ1) is 28.3. The second-order valence-corrected chi connectivity index (χ2v) is 9.77. The van der Waals surface area contributed by atoms with Crippen LogP contribution in [0.1, 0.15) is 53.2 Å². The fourth-order valence-electron chi connectivity index (χ4n) is 4.32. The van der Waals surface area contributed by atoms with Crippen LogP contribution in [0.4, 0.5) is 27.6 Å². The van der Waals surface area contributed by atoms with Gasteiger partial charge in [-0.2, -0.15) is 0 Å². The molecule has 4 rings (SSSR count). The molecule has 1 heterocycles. The number of phenols is 1. The van der Waals surface area contributed by atoms with Gasteiger partial charge in [-0.05, 0) is 54.5 Å². The number of rotatable bonds is 9. The Morgan fingerprint density at radius 2 is 1.62 bits per heavy atom. The lowest BCUT2D eigenvalue weighted by molar-refractivity contribution is -0.117. The van der Waals surface area contributed by atoms with E-state index in [1.54, 1.807) is 12.3 Å². The summed E-state index contributed by atoms with van der Waals surface area (Å²) in [6, 6.07) is 7.08. The van der Waals surface area contributed by atoms with Gasteiger partial charge in [0, 0.05) is 18.0 Å². The quantitative estimate of drug-likeness (QED) is 0.133. The number of carbonyl (C=O) groups is 2. The minimum absolute atomic E-state index is 0.0466. The first-order chi connectivity index (χ1) is 18.6. The highest BCUT2D eigenvalue weighted by atomic mass is 32.2. The van der Waals surface area contributed by atoms with Crippen molar-refractivity contribution in [3.05, 3.63) is 82.4 Å². The summed E-state index contributed by atoms with van der Waals surface area (Å²) in [5, 5.41) is 19.3. The number of hydrogen-bond donors (Lipinski definition) is 3. The van der Waals surface area contributed by atoms with Gasteiger partial charge < -0.3 is 15.1 Å². The standard InChI is InChI=1S/C26H22F5N3O4S/c27-20-21(28)23(30)25(24(31)22(20)29)39-33-11-19(36)34(16-7-8-17(26(37)38)18(35)9-16)12-15-6-5-14(10-32-15)13-3-1-2-4-13/h5-10,13,33,35H,1-4,11-12H2,(H,37,38). The van der Waals surface area contributed by atoms with Crippen LogP contribution in [0.25, 0.3) is 0 Å². The molecule has 1 fully saturated rings. The Bertz CT molecular complexity index is 1370. The molecule has 1 aliphatic rings. The summed E-state index contributed by atoms with van der Waals surface area (Å²) in [7, 11) is 0. The maximum atomic E-state index is 14.0. The number of nitrogens with zero attached hydrogens (tertiary/aromatic N) is 2. The molecule has 39 heavy (non-hydrogen) atoms. The predicted molar refractivity (Wildman–Crippen MR) is 132 cm³/mol. The molecule has 0 spiro atoms. The first-order valence-electron chi connectivity index (χ1n) is 11.8. The fourth-order valence-corrected chi connectivity index (χ4v) is 5.02. The molecule has 3 aromatic rings. The number of carbonyl (C=O) groups excluding carboxylic acids is 1. The number of halogens is 5. The van der Waals surface area contributed by atoms with Crippen LogP contribution in [0.15, 0.2) is 41.4 Å². The van der Waals surface area contributed by atoms with Crippen molar-refractivity contribution in [1.82, 2.24) is 9.71 Å². The number of pyridine rings is 1. The van der Waals surface area contributed by atoms with Gasteiger partial charge in [-0.1, -0.05) is 18.9 Å². The molecule has 13 heteroatoms. The summed E-state index contributed by atoms with van der Waals surface area (Å²) in [5.74, 6) is -12.9. The van der Waals surface area contributed by atoms with Crippen LogP contribution in [0.5, 0.6) is 5.75 Å². The SMILES string of the molecule is O=C(O)c1ccc(N(Cc2ccc(C3CCCC3)cn2)C(=O)CNSc2c(F)c(F)c(F)c(F)c2F)cc1O. The number of aromatic hydroxyl groups is 1. The molecular weight excluding hydrogens is 545 g/mol. The Morgan fingerprint density at radius 1 is 0.974 bits per heavy atom. The van der Waals surface area contributed by atoms with Crippen LogP contribution in [0.2, 0.25) is 0 Å². The molecule has 3 N–H and O–H groups in total. The fraction of sp³-hybridized carbons (Fsp3) is 0.269. The molecule has 1 amide bonds. The van der Waals surface area contributed by atoms with Crippen molar-refractivity contribution in [2.45, 2.75) is 43.0 Å². The zero-order valence-electron chi connectivity index (χ0n) is 20.2. The molecule has 0 unspecified atom stereocenters. The Kier molecular flexibility index (Phi) is 8.70. The largest absolute Gasteiger partial charge is 0.507 e. The molecule has 0 bridgehead atoms. The van der Waals surface area contributed by atoms with Gasteiger partial charge in [0.05, 0.1) is 18.8 Å². The maximum absolute atomic E-state index is 14.0. The lowest BCUT2D eigenvalue weighted by atomic mass is 9.99. The van der Waals surface area contributed by atoms with Gasteiger partial charge in [0.25, 0.3) is 0 Å². The Morgan fingerprint density at radius 3 is 2.18 bits per heavy atom. The number of carboxylic acid groups (broad SMARTS) is 1. The molecule has 206 valence electrons. The van der Waals surface area contributed by atoms with Gasteiger partial charge in [0.15, 0.2) is 23.3 Å². The summed E-state index contributed by atoms with van der Waals surface area (Å²) < 4.78 is 70.5. The van der Waals surface area contributed by atoms with E-state index in [2.05, 4.69) is 9.71 Å². The van der Waals surface area contributed by atoms with E-state index in [1.807, 2.05) is 6.07 Å². The average molecular weight is 568 g/mol. The third kappa shape index (κ3) is 6.14. The van der Waals surface area contributed by atoms with E-state index in [4.69, 9.17) is 0 Å². The van der Waals surface area contributed by atoms with Crippen molar-refractivity contribution < 1.29 is 41.8 Å². The average Bonchev–Trinajstić information content (AvgIpc) is 3.46. The number of aromatic carboxylic acids is 1. The van der Waals surface area contributed by atoms with Crippen molar-refractivity contribution in [2.75, 3.05) is 11.4 Å². The number of anilines is 1. The smallest absolute Gasteiger partial charge is 0.339 e. The number of nitrogens with one attached hydrogen (secondary N) is 1. The summed E-state index contributed by atoms with van der Waals surface area (Å²) in [5.41, 5.74) is 1.22. The molecule has 2 aromatic carbocycles. The highest BCUT2D eigenvalue weighted by molar-refractivity contribution is 7.97. The van der Waals surface area contributed by atoms with Crippen molar-refractivity contribution in [2.24, 2.45) is 0 Å². The van der Waals surface area contributed by atoms with Crippen LogP contribution >= 0.6 is 11.9 Å². The second-order valence-electron chi connectivity index (χ2n) is 8.87. The maximum Gasteiger partial charge on any atom is 0.339 e. The lowest BCUT2D eigenvalue weighted by Crippen LogP contribution is -2.36. The van der Waals surface area contributed by atoms with Crippen molar-refractivity contribution in [1.29, 1.82) is 0 Å². The highest BCUT2D eigenvalue weighted by Gasteiger charge is 2.27. The van der Waals surface area contributed by atoms with E-state index >= 15 is 0 Å². The molecule has 0 atom stereocenters. The molecule has 1 aromatic heterocycles. The van der Waals surface area contributed by atoms with Crippen LogP contribution in [-0.2, 0) is 11.3 Å². The van der Waals surface area contributed by atoms with E-state index < -0.39 is 63.7 Å². The minimum atomic E-state index is -2.30. The zero-order chi connectivity index (χ0) is 28.3. The van der Waals surface area contributed by atoms with Gasteiger partial charge >= 0.3 is 5.97 Å².